The predicted octanol–water partition coefficient (Wildman–Crippen LogP) is 2.03. The molecule has 0 bridgehead atoms. The van der Waals surface area contributed by atoms with Gasteiger partial charge in [0.05, 0.1) is 12.7 Å². The number of rotatable bonds is 4. The zero-order chi connectivity index (χ0) is 14.5. The van der Waals surface area contributed by atoms with Crippen LogP contribution < -0.4 is 5.73 Å². The first-order chi connectivity index (χ1) is 9.63. The van der Waals surface area contributed by atoms with Gasteiger partial charge in [-0.2, -0.15) is 0 Å². The maximum Gasteiger partial charge on any atom is 0.337 e. The van der Waals surface area contributed by atoms with Gasteiger partial charge in [-0.05, 0) is 36.6 Å². The number of esters is 1. The van der Waals surface area contributed by atoms with Gasteiger partial charge in [0, 0.05) is 19.1 Å². The molecule has 0 saturated carbocycles. The summed E-state index contributed by atoms with van der Waals surface area (Å²) in [5.74, 6) is 0.298. The Morgan fingerprint density at radius 2 is 2.30 bits per heavy atom. The number of ether oxygens (including phenoxy) is 1. The third kappa shape index (κ3) is 3.58. The molecule has 2 unspecified atom stereocenters. The Labute approximate surface area is 120 Å². The minimum atomic E-state index is -0.279. The molecule has 1 aliphatic rings. The Balaban J connectivity index is 2.01. The van der Waals surface area contributed by atoms with Crippen molar-refractivity contribution in [2.75, 3.05) is 20.2 Å². The molecular weight excluding hydrogens is 252 g/mol. The zero-order valence-electron chi connectivity index (χ0n) is 12.3. The van der Waals surface area contributed by atoms with Crippen LogP contribution in [0.25, 0.3) is 0 Å². The summed E-state index contributed by atoms with van der Waals surface area (Å²) in [6.07, 6.45) is 2.18. The standard InChI is InChI=1S/C16H24N2O2/c1-3-13-11-18(8-7-15(13)17)10-12-5-4-6-14(9-12)16(19)20-2/h4-6,9,13,15H,3,7-8,10-11,17H2,1-2H3. The quantitative estimate of drug-likeness (QED) is 0.855. The molecule has 1 aromatic carbocycles. The second-order valence-corrected chi connectivity index (χ2v) is 5.55. The molecule has 0 amide bonds. The third-order valence-corrected chi connectivity index (χ3v) is 4.16. The van der Waals surface area contributed by atoms with E-state index < -0.39 is 0 Å². The summed E-state index contributed by atoms with van der Waals surface area (Å²) >= 11 is 0. The average Bonchev–Trinajstić information content (AvgIpc) is 2.48. The van der Waals surface area contributed by atoms with E-state index in [4.69, 9.17) is 10.5 Å². The van der Waals surface area contributed by atoms with Gasteiger partial charge in [-0.15, -0.1) is 0 Å². The van der Waals surface area contributed by atoms with Crippen LogP contribution >= 0.6 is 0 Å². The Hall–Kier alpha value is -1.39. The van der Waals surface area contributed by atoms with Crippen molar-refractivity contribution in [3.05, 3.63) is 35.4 Å². The van der Waals surface area contributed by atoms with Crippen LogP contribution in [-0.2, 0) is 11.3 Å². The number of carbonyl (C=O) groups excluding carboxylic acids is 1. The van der Waals surface area contributed by atoms with Gasteiger partial charge in [-0.1, -0.05) is 25.5 Å². The van der Waals surface area contributed by atoms with Crippen molar-refractivity contribution in [2.45, 2.75) is 32.4 Å². The van der Waals surface area contributed by atoms with Gasteiger partial charge < -0.3 is 10.5 Å². The van der Waals surface area contributed by atoms with E-state index in [1.165, 1.54) is 7.11 Å². The molecule has 0 spiro atoms. The van der Waals surface area contributed by atoms with Gasteiger partial charge in [0.1, 0.15) is 0 Å². The lowest BCUT2D eigenvalue weighted by molar-refractivity contribution is 0.0600. The van der Waals surface area contributed by atoms with E-state index in [1.807, 2.05) is 12.1 Å². The molecule has 2 rings (SSSR count). The fraction of sp³-hybridized carbons (Fsp3) is 0.562. The molecule has 110 valence electrons. The first kappa shape index (κ1) is 15.0. The van der Waals surface area contributed by atoms with Crippen LogP contribution in [0.4, 0.5) is 0 Å². The number of nitrogens with two attached hydrogens (primary N) is 1. The smallest absolute Gasteiger partial charge is 0.337 e. The second-order valence-electron chi connectivity index (χ2n) is 5.55. The fourth-order valence-electron chi connectivity index (χ4n) is 2.87. The van der Waals surface area contributed by atoms with Crippen LogP contribution in [0, 0.1) is 5.92 Å². The van der Waals surface area contributed by atoms with Crippen molar-refractivity contribution in [3.8, 4) is 0 Å². The third-order valence-electron chi connectivity index (χ3n) is 4.16. The lowest BCUT2D eigenvalue weighted by Gasteiger charge is -2.36. The van der Waals surface area contributed by atoms with Crippen molar-refractivity contribution >= 4 is 5.97 Å². The van der Waals surface area contributed by atoms with Gasteiger partial charge in [0.15, 0.2) is 0 Å². The minimum Gasteiger partial charge on any atom is -0.465 e. The summed E-state index contributed by atoms with van der Waals surface area (Å²) in [4.78, 5) is 14.0. The molecule has 20 heavy (non-hydrogen) atoms. The molecule has 1 aromatic rings. The van der Waals surface area contributed by atoms with Crippen LogP contribution in [0.15, 0.2) is 24.3 Å². The van der Waals surface area contributed by atoms with E-state index in [2.05, 4.69) is 17.9 Å². The number of carbonyl (C=O) groups is 1. The van der Waals surface area contributed by atoms with Crippen LogP contribution in [-0.4, -0.2) is 37.1 Å². The molecular formula is C16H24N2O2. The normalized spacial score (nSPS) is 23.6. The number of hydrogen-bond donors (Lipinski definition) is 1. The molecule has 1 fully saturated rings. The van der Waals surface area contributed by atoms with Crippen LogP contribution in [0.5, 0.6) is 0 Å². The van der Waals surface area contributed by atoms with Gasteiger partial charge in [0.25, 0.3) is 0 Å². The molecule has 4 heteroatoms. The zero-order valence-corrected chi connectivity index (χ0v) is 12.3. The van der Waals surface area contributed by atoms with E-state index in [9.17, 15) is 4.79 Å². The molecule has 1 saturated heterocycles. The Morgan fingerprint density at radius 3 is 3.00 bits per heavy atom. The number of nitrogens with zero attached hydrogens (tertiary/aromatic N) is 1. The summed E-state index contributed by atoms with van der Waals surface area (Å²) in [7, 11) is 1.41. The lowest BCUT2D eigenvalue weighted by atomic mass is 9.90. The summed E-state index contributed by atoms with van der Waals surface area (Å²) in [5, 5.41) is 0. The highest BCUT2D eigenvalue weighted by molar-refractivity contribution is 5.89. The fourth-order valence-corrected chi connectivity index (χ4v) is 2.87. The predicted molar refractivity (Wildman–Crippen MR) is 79.4 cm³/mol. The van der Waals surface area contributed by atoms with E-state index in [1.54, 1.807) is 6.07 Å². The molecule has 2 N–H and O–H groups in total. The Kier molecular flexibility index (Phi) is 5.15. The van der Waals surface area contributed by atoms with Gasteiger partial charge in [0.2, 0.25) is 0 Å². The number of methoxy groups -OCH3 is 1. The van der Waals surface area contributed by atoms with E-state index in [0.717, 1.165) is 38.0 Å². The van der Waals surface area contributed by atoms with Gasteiger partial charge in [-0.3, -0.25) is 4.90 Å². The van der Waals surface area contributed by atoms with Crippen LogP contribution in [0.3, 0.4) is 0 Å². The minimum absolute atomic E-state index is 0.279. The lowest BCUT2D eigenvalue weighted by Crippen LogP contribution is -2.46. The molecule has 0 aromatic heterocycles. The van der Waals surface area contributed by atoms with Crippen LogP contribution in [0.2, 0.25) is 0 Å². The summed E-state index contributed by atoms with van der Waals surface area (Å²) in [6.45, 7) is 5.14. The first-order valence-corrected chi connectivity index (χ1v) is 7.29. The Bertz CT molecular complexity index is 462. The summed E-state index contributed by atoms with van der Waals surface area (Å²) < 4.78 is 4.76. The average molecular weight is 276 g/mol. The highest BCUT2D eigenvalue weighted by Crippen LogP contribution is 2.20. The van der Waals surface area contributed by atoms with Crippen molar-refractivity contribution in [1.82, 2.24) is 4.90 Å². The van der Waals surface area contributed by atoms with Crippen molar-refractivity contribution in [3.63, 3.8) is 0 Å². The molecule has 0 aliphatic carbocycles. The van der Waals surface area contributed by atoms with E-state index in [-0.39, 0.29) is 5.97 Å². The van der Waals surface area contributed by atoms with E-state index in [0.29, 0.717) is 17.5 Å². The molecule has 0 radical (unpaired) electrons. The van der Waals surface area contributed by atoms with Crippen LogP contribution in [0.1, 0.15) is 35.7 Å². The SMILES string of the molecule is CCC1CN(Cc2cccc(C(=O)OC)c2)CCC1N. The molecule has 2 atom stereocenters. The Morgan fingerprint density at radius 1 is 1.50 bits per heavy atom. The molecule has 1 aliphatic heterocycles. The largest absolute Gasteiger partial charge is 0.465 e. The highest BCUT2D eigenvalue weighted by atomic mass is 16.5. The highest BCUT2D eigenvalue weighted by Gasteiger charge is 2.25. The summed E-state index contributed by atoms with van der Waals surface area (Å²) in [5.41, 5.74) is 7.91. The number of likely N-dealkylation sites (tertiary alicyclic amines) is 1. The number of hydrogen-bond acceptors (Lipinski definition) is 4. The maximum absolute atomic E-state index is 11.5. The summed E-state index contributed by atoms with van der Waals surface area (Å²) in [6, 6.07) is 8.01. The van der Waals surface area contributed by atoms with Gasteiger partial charge >= 0.3 is 5.97 Å². The van der Waals surface area contributed by atoms with Crippen molar-refractivity contribution in [1.29, 1.82) is 0 Å². The maximum atomic E-state index is 11.5. The van der Waals surface area contributed by atoms with Crippen molar-refractivity contribution < 1.29 is 9.53 Å². The first-order valence-electron chi connectivity index (χ1n) is 7.29. The van der Waals surface area contributed by atoms with Crippen molar-refractivity contribution in [2.24, 2.45) is 11.7 Å². The van der Waals surface area contributed by atoms with Gasteiger partial charge in [-0.25, -0.2) is 4.79 Å². The number of piperidine rings is 1. The van der Waals surface area contributed by atoms with E-state index >= 15 is 0 Å². The number of benzene rings is 1. The molecule has 4 nitrogen and oxygen atoms in total. The second kappa shape index (κ2) is 6.86. The monoisotopic (exact) mass is 276 g/mol. The molecule has 1 heterocycles. The topological polar surface area (TPSA) is 55.6 Å².